The highest BCUT2D eigenvalue weighted by Crippen LogP contribution is 2.47. The first-order valence-electron chi connectivity index (χ1n) is 6.81. The molecule has 1 aromatic carbocycles. The maximum Gasteiger partial charge on any atom is 0.295 e. The fourth-order valence-corrected chi connectivity index (χ4v) is 2.40. The van der Waals surface area contributed by atoms with Crippen LogP contribution in [-0.4, -0.2) is 4.92 Å². The van der Waals surface area contributed by atoms with Crippen LogP contribution in [0.5, 0.6) is 0 Å². The SMILES string of the molecule is CC1CC1c1ccc(CNc2ccc(F)cc2[N+](=O)[O-])o1. The molecule has 0 saturated heterocycles. The molecule has 1 fully saturated rings. The van der Waals surface area contributed by atoms with E-state index in [0.29, 0.717) is 24.1 Å². The van der Waals surface area contributed by atoms with E-state index in [0.717, 1.165) is 18.2 Å². The minimum atomic E-state index is -0.629. The molecule has 0 aliphatic heterocycles. The fraction of sp³-hybridized carbons (Fsp3) is 0.333. The smallest absolute Gasteiger partial charge is 0.295 e. The Morgan fingerprint density at radius 2 is 2.19 bits per heavy atom. The van der Waals surface area contributed by atoms with E-state index in [-0.39, 0.29) is 11.4 Å². The van der Waals surface area contributed by atoms with Gasteiger partial charge >= 0.3 is 0 Å². The third-order valence-electron chi connectivity index (χ3n) is 3.77. The largest absolute Gasteiger partial charge is 0.464 e. The number of benzene rings is 1. The molecule has 0 amide bonds. The predicted molar refractivity (Wildman–Crippen MR) is 75.6 cm³/mol. The molecule has 1 aromatic heterocycles. The van der Waals surface area contributed by atoms with Crippen LogP contribution < -0.4 is 5.32 Å². The average Bonchev–Trinajstić information content (AvgIpc) is 3.00. The monoisotopic (exact) mass is 290 g/mol. The van der Waals surface area contributed by atoms with Crippen molar-refractivity contribution in [1.29, 1.82) is 0 Å². The zero-order valence-corrected chi connectivity index (χ0v) is 11.5. The van der Waals surface area contributed by atoms with E-state index in [1.807, 2.05) is 12.1 Å². The quantitative estimate of drug-likeness (QED) is 0.666. The minimum absolute atomic E-state index is 0.277. The average molecular weight is 290 g/mol. The van der Waals surface area contributed by atoms with Crippen molar-refractivity contribution in [3.63, 3.8) is 0 Å². The van der Waals surface area contributed by atoms with Crippen LogP contribution >= 0.6 is 0 Å². The second kappa shape index (κ2) is 5.20. The Morgan fingerprint density at radius 1 is 1.43 bits per heavy atom. The number of rotatable bonds is 5. The first-order valence-corrected chi connectivity index (χ1v) is 6.81. The van der Waals surface area contributed by atoms with Gasteiger partial charge in [-0.1, -0.05) is 6.92 Å². The molecule has 0 bridgehead atoms. The summed E-state index contributed by atoms with van der Waals surface area (Å²) in [4.78, 5) is 10.3. The molecule has 6 heteroatoms. The van der Waals surface area contributed by atoms with E-state index < -0.39 is 10.7 Å². The van der Waals surface area contributed by atoms with Crippen LogP contribution in [0.25, 0.3) is 0 Å². The number of nitrogens with one attached hydrogen (secondary N) is 1. The molecular formula is C15H15FN2O3. The van der Waals surface area contributed by atoms with Gasteiger partial charge in [0.1, 0.15) is 23.0 Å². The van der Waals surface area contributed by atoms with E-state index in [1.54, 1.807) is 0 Å². The number of nitrogens with zero attached hydrogens (tertiary/aromatic N) is 1. The number of hydrogen-bond acceptors (Lipinski definition) is 4. The second-order valence-corrected chi connectivity index (χ2v) is 5.40. The summed E-state index contributed by atoms with van der Waals surface area (Å²) in [5.41, 5.74) is -0.00302. The van der Waals surface area contributed by atoms with Gasteiger partial charge < -0.3 is 9.73 Å². The highest BCUT2D eigenvalue weighted by atomic mass is 19.1. The van der Waals surface area contributed by atoms with E-state index in [2.05, 4.69) is 12.2 Å². The van der Waals surface area contributed by atoms with Crippen molar-refractivity contribution in [2.45, 2.75) is 25.8 Å². The summed E-state index contributed by atoms with van der Waals surface area (Å²) < 4.78 is 18.8. The van der Waals surface area contributed by atoms with E-state index in [1.165, 1.54) is 12.1 Å². The van der Waals surface area contributed by atoms with Gasteiger partial charge in [-0.25, -0.2) is 4.39 Å². The first kappa shape index (κ1) is 13.6. The lowest BCUT2D eigenvalue weighted by molar-refractivity contribution is -0.384. The van der Waals surface area contributed by atoms with Crippen molar-refractivity contribution in [3.8, 4) is 0 Å². The lowest BCUT2D eigenvalue weighted by Crippen LogP contribution is -2.02. The Bertz CT molecular complexity index is 683. The Labute approximate surface area is 120 Å². The minimum Gasteiger partial charge on any atom is -0.464 e. The summed E-state index contributed by atoms with van der Waals surface area (Å²) in [6.07, 6.45) is 1.14. The molecule has 0 radical (unpaired) electrons. The number of anilines is 1. The molecule has 1 heterocycles. The van der Waals surface area contributed by atoms with Crippen molar-refractivity contribution in [3.05, 3.63) is 57.8 Å². The highest BCUT2D eigenvalue weighted by molar-refractivity contribution is 5.61. The molecule has 1 aliphatic carbocycles. The molecule has 5 nitrogen and oxygen atoms in total. The van der Waals surface area contributed by atoms with Crippen LogP contribution in [0.2, 0.25) is 0 Å². The van der Waals surface area contributed by atoms with Gasteiger partial charge in [-0.2, -0.15) is 0 Å². The summed E-state index contributed by atoms with van der Waals surface area (Å²) in [6, 6.07) is 7.27. The predicted octanol–water partition coefficient (Wildman–Crippen LogP) is 4.06. The van der Waals surface area contributed by atoms with Crippen LogP contribution in [0.1, 0.15) is 30.8 Å². The maximum absolute atomic E-state index is 13.1. The lowest BCUT2D eigenvalue weighted by atomic mass is 10.2. The number of nitro groups is 1. The summed E-state index contributed by atoms with van der Waals surface area (Å²) in [6.45, 7) is 2.50. The van der Waals surface area contributed by atoms with Crippen LogP contribution in [-0.2, 0) is 6.54 Å². The highest BCUT2D eigenvalue weighted by Gasteiger charge is 2.36. The summed E-state index contributed by atoms with van der Waals surface area (Å²) in [5.74, 6) is 2.21. The van der Waals surface area contributed by atoms with Crippen molar-refractivity contribution >= 4 is 11.4 Å². The van der Waals surface area contributed by atoms with Crippen LogP contribution in [0.3, 0.4) is 0 Å². The van der Waals surface area contributed by atoms with Crippen molar-refractivity contribution < 1.29 is 13.7 Å². The van der Waals surface area contributed by atoms with E-state index in [4.69, 9.17) is 4.42 Å². The normalized spacial score (nSPS) is 20.3. The van der Waals surface area contributed by atoms with Gasteiger partial charge in [0.25, 0.3) is 5.69 Å². The van der Waals surface area contributed by atoms with E-state index in [9.17, 15) is 14.5 Å². The molecule has 1 saturated carbocycles. The Balaban J connectivity index is 1.70. The third-order valence-corrected chi connectivity index (χ3v) is 3.77. The number of hydrogen-bond donors (Lipinski definition) is 1. The topological polar surface area (TPSA) is 68.3 Å². The van der Waals surface area contributed by atoms with Gasteiger partial charge in [0.15, 0.2) is 0 Å². The first-order chi connectivity index (χ1) is 10.0. The third kappa shape index (κ3) is 2.89. The molecule has 3 rings (SSSR count). The van der Waals surface area contributed by atoms with Crippen molar-refractivity contribution in [1.82, 2.24) is 0 Å². The standard InChI is InChI=1S/C15H15FN2O3/c1-9-6-12(9)15-5-3-11(21-15)8-17-13-4-2-10(16)7-14(13)18(19)20/h2-5,7,9,12,17H,6,8H2,1H3. The summed E-state index contributed by atoms with van der Waals surface area (Å²) in [7, 11) is 0. The summed E-state index contributed by atoms with van der Waals surface area (Å²) in [5, 5.41) is 13.8. The van der Waals surface area contributed by atoms with Gasteiger partial charge in [0.2, 0.25) is 0 Å². The van der Waals surface area contributed by atoms with Gasteiger partial charge in [-0.05, 0) is 36.6 Å². The molecule has 2 aromatic rings. The van der Waals surface area contributed by atoms with Gasteiger partial charge in [0.05, 0.1) is 17.5 Å². The molecular weight excluding hydrogens is 275 g/mol. The van der Waals surface area contributed by atoms with Crippen LogP contribution in [0.4, 0.5) is 15.8 Å². The number of halogens is 1. The fourth-order valence-electron chi connectivity index (χ4n) is 2.40. The Hall–Kier alpha value is -2.37. The van der Waals surface area contributed by atoms with Crippen molar-refractivity contribution in [2.24, 2.45) is 5.92 Å². The molecule has 2 atom stereocenters. The molecule has 0 spiro atoms. The molecule has 21 heavy (non-hydrogen) atoms. The zero-order valence-electron chi connectivity index (χ0n) is 11.5. The van der Waals surface area contributed by atoms with Crippen LogP contribution in [0, 0.1) is 21.8 Å². The van der Waals surface area contributed by atoms with Crippen molar-refractivity contribution in [2.75, 3.05) is 5.32 Å². The number of nitro benzene ring substituents is 1. The summed E-state index contributed by atoms with van der Waals surface area (Å²) >= 11 is 0. The van der Waals surface area contributed by atoms with E-state index >= 15 is 0 Å². The van der Waals surface area contributed by atoms with Gasteiger partial charge in [-0.3, -0.25) is 10.1 Å². The molecule has 1 aliphatic rings. The zero-order chi connectivity index (χ0) is 15.0. The van der Waals surface area contributed by atoms with Gasteiger partial charge in [0, 0.05) is 5.92 Å². The van der Waals surface area contributed by atoms with Crippen LogP contribution in [0.15, 0.2) is 34.7 Å². The maximum atomic E-state index is 13.1. The second-order valence-electron chi connectivity index (χ2n) is 5.40. The molecule has 2 unspecified atom stereocenters. The number of furan rings is 1. The Kier molecular flexibility index (Phi) is 3.37. The Morgan fingerprint density at radius 3 is 2.86 bits per heavy atom. The lowest BCUT2D eigenvalue weighted by Gasteiger charge is -2.05. The molecule has 110 valence electrons. The van der Waals surface area contributed by atoms with Gasteiger partial charge in [-0.15, -0.1) is 0 Å². The molecule has 1 N–H and O–H groups in total.